The van der Waals surface area contributed by atoms with E-state index in [0.29, 0.717) is 24.5 Å². The van der Waals surface area contributed by atoms with Gasteiger partial charge in [-0.2, -0.15) is 0 Å². The minimum absolute atomic E-state index is 0.144. The molecule has 20 heavy (non-hydrogen) atoms. The highest BCUT2D eigenvalue weighted by Crippen LogP contribution is 2.17. The number of nitrogens with zero attached hydrogens (tertiary/aromatic N) is 1. The van der Waals surface area contributed by atoms with Crippen LogP contribution in [0.3, 0.4) is 0 Å². The molecular weight excluding hydrogens is 254 g/mol. The summed E-state index contributed by atoms with van der Waals surface area (Å²) in [5.41, 5.74) is 7.82. The molecule has 0 aliphatic carbocycles. The fourth-order valence-corrected chi connectivity index (χ4v) is 2.10. The van der Waals surface area contributed by atoms with Crippen molar-refractivity contribution in [2.24, 2.45) is 0 Å². The highest BCUT2D eigenvalue weighted by atomic mass is 16.5. The number of ether oxygens (including phenoxy) is 1. The summed E-state index contributed by atoms with van der Waals surface area (Å²) in [6.45, 7) is 3.09. The molecule has 0 unspecified atom stereocenters. The lowest BCUT2D eigenvalue weighted by molar-refractivity contribution is 0.0941. The van der Waals surface area contributed by atoms with Crippen LogP contribution in [-0.4, -0.2) is 17.6 Å². The number of rotatable bonds is 5. The average molecular weight is 273 g/mol. The van der Waals surface area contributed by atoms with Crippen molar-refractivity contribution in [2.75, 3.05) is 12.8 Å². The summed E-state index contributed by atoms with van der Waals surface area (Å²) in [4.78, 5) is 12.2. The van der Waals surface area contributed by atoms with Gasteiger partial charge in [0.15, 0.2) is 0 Å². The zero-order valence-electron chi connectivity index (χ0n) is 11.7. The molecule has 0 bridgehead atoms. The van der Waals surface area contributed by atoms with Gasteiger partial charge in [0.2, 0.25) is 0 Å². The van der Waals surface area contributed by atoms with Gasteiger partial charge in [-0.1, -0.05) is 18.2 Å². The quantitative estimate of drug-likeness (QED) is 0.875. The predicted octanol–water partition coefficient (Wildman–Crippen LogP) is 2.03. The van der Waals surface area contributed by atoms with Crippen LogP contribution in [0, 0.1) is 0 Å². The Kier molecular flexibility index (Phi) is 4.30. The van der Waals surface area contributed by atoms with Gasteiger partial charge in [0.25, 0.3) is 5.91 Å². The second-order valence-corrected chi connectivity index (χ2v) is 4.44. The van der Waals surface area contributed by atoms with Gasteiger partial charge >= 0.3 is 0 Å². The van der Waals surface area contributed by atoms with E-state index in [0.717, 1.165) is 11.3 Å². The monoisotopic (exact) mass is 273 g/mol. The number of hydrogen-bond acceptors (Lipinski definition) is 3. The Hall–Kier alpha value is -2.43. The molecule has 1 heterocycles. The first-order chi connectivity index (χ1) is 9.65. The van der Waals surface area contributed by atoms with Crippen LogP contribution < -0.4 is 15.8 Å². The number of para-hydroxylation sites is 1. The standard InChI is InChI=1S/C15H19N3O2/c1-3-18-10-12(16)8-13(18)15(19)17-9-11-6-4-5-7-14(11)20-2/h4-8,10H,3,9,16H2,1-2H3,(H,17,19). The molecule has 1 aromatic carbocycles. The molecule has 1 aromatic heterocycles. The van der Waals surface area contributed by atoms with Crippen molar-refractivity contribution < 1.29 is 9.53 Å². The number of carbonyl (C=O) groups is 1. The lowest BCUT2D eigenvalue weighted by atomic mass is 10.2. The molecule has 3 N–H and O–H groups in total. The topological polar surface area (TPSA) is 69.3 Å². The SMILES string of the molecule is CCn1cc(N)cc1C(=O)NCc1ccccc1OC. The Morgan fingerprint density at radius 2 is 2.15 bits per heavy atom. The Labute approximate surface area is 118 Å². The fraction of sp³-hybridized carbons (Fsp3) is 0.267. The van der Waals surface area contributed by atoms with E-state index in [1.807, 2.05) is 35.8 Å². The van der Waals surface area contributed by atoms with E-state index in [2.05, 4.69) is 5.32 Å². The molecule has 0 aliphatic heterocycles. The smallest absolute Gasteiger partial charge is 0.268 e. The first kappa shape index (κ1) is 14.0. The Morgan fingerprint density at radius 1 is 1.40 bits per heavy atom. The largest absolute Gasteiger partial charge is 0.496 e. The van der Waals surface area contributed by atoms with Gasteiger partial charge in [-0.05, 0) is 19.1 Å². The first-order valence-electron chi connectivity index (χ1n) is 6.51. The molecule has 0 fully saturated rings. The van der Waals surface area contributed by atoms with Crippen molar-refractivity contribution in [3.05, 3.63) is 47.8 Å². The number of aryl methyl sites for hydroxylation is 1. The fourth-order valence-electron chi connectivity index (χ4n) is 2.10. The van der Waals surface area contributed by atoms with Gasteiger partial charge in [-0.25, -0.2) is 0 Å². The molecule has 5 heteroatoms. The van der Waals surface area contributed by atoms with Crippen LogP contribution >= 0.6 is 0 Å². The normalized spacial score (nSPS) is 10.3. The third-order valence-corrected chi connectivity index (χ3v) is 3.12. The zero-order chi connectivity index (χ0) is 14.5. The van der Waals surface area contributed by atoms with Crippen LogP contribution in [0.4, 0.5) is 5.69 Å². The second kappa shape index (κ2) is 6.14. The summed E-state index contributed by atoms with van der Waals surface area (Å²) < 4.78 is 7.08. The maximum absolute atomic E-state index is 12.2. The lowest BCUT2D eigenvalue weighted by Crippen LogP contribution is -2.25. The van der Waals surface area contributed by atoms with Crippen molar-refractivity contribution in [2.45, 2.75) is 20.0 Å². The van der Waals surface area contributed by atoms with Crippen LogP contribution in [0.2, 0.25) is 0 Å². The van der Waals surface area contributed by atoms with Crippen molar-refractivity contribution in [1.82, 2.24) is 9.88 Å². The minimum atomic E-state index is -0.144. The molecular formula is C15H19N3O2. The number of anilines is 1. The Bertz CT molecular complexity index is 605. The Morgan fingerprint density at radius 3 is 2.85 bits per heavy atom. The van der Waals surface area contributed by atoms with Crippen molar-refractivity contribution in [3.8, 4) is 5.75 Å². The number of methoxy groups -OCH3 is 1. The van der Waals surface area contributed by atoms with Crippen molar-refractivity contribution in [1.29, 1.82) is 0 Å². The molecule has 1 amide bonds. The number of amides is 1. The molecule has 106 valence electrons. The predicted molar refractivity (Wildman–Crippen MR) is 78.7 cm³/mol. The van der Waals surface area contributed by atoms with Gasteiger partial charge < -0.3 is 20.4 Å². The number of nitrogens with one attached hydrogen (secondary N) is 1. The zero-order valence-corrected chi connectivity index (χ0v) is 11.7. The number of benzene rings is 1. The van der Waals surface area contributed by atoms with E-state index in [1.165, 1.54) is 0 Å². The van der Waals surface area contributed by atoms with Crippen LogP contribution in [0.1, 0.15) is 23.0 Å². The van der Waals surface area contributed by atoms with E-state index in [1.54, 1.807) is 19.4 Å². The van der Waals surface area contributed by atoms with E-state index in [4.69, 9.17) is 10.5 Å². The van der Waals surface area contributed by atoms with Crippen LogP contribution in [0.15, 0.2) is 36.5 Å². The molecule has 0 saturated carbocycles. The van der Waals surface area contributed by atoms with E-state index in [-0.39, 0.29) is 5.91 Å². The summed E-state index contributed by atoms with van der Waals surface area (Å²) in [6.07, 6.45) is 1.76. The molecule has 5 nitrogen and oxygen atoms in total. The summed E-state index contributed by atoms with van der Waals surface area (Å²) in [5, 5.41) is 2.88. The lowest BCUT2D eigenvalue weighted by Gasteiger charge is -2.10. The van der Waals surface area contributed by atoms with Crippen molar-refractivity contribution in [3.63, 3.8) is 0 Å². The number of nitrogens with two attached hydrogens (primary N) is 1. The number of carbonyl (C=O) groups excluding carboxylic acids is 1. The molecule has 2 aromatic rings. The van der Waals surface area contributed by atoms with E-state index in [9.17, 15) is 4.79 Å². The minimum Gasteiger partial charge on any atom is -0.496 e. The summed E-state index contributed by atoms with van der Waals surface area (Å²) >= 11 is 0. The van der Waals surface area contributed by atoms with Gasteiger partial charge in [-0.3, -0.25) is 4.79 Å². The maximum Gasteiger partial charge on any atom is 0.268 e. The maximum atomic E-state index is 12.2. The van der Waals surface area contributed by atoms with Gasteiger partial charge in [0.05, 0.1) is 12.8 Å². The van der Waals surface area contributed by atoms with Crippen LogP contribution in [-0.2, 0) is 13.1 Å². The van der Waals surface area contributed by atoms with E-state index < -0.39 is 0 Å². The van der Waals surface area contributed by atoms with Gasteiger partial charge in [0, 0.05) is 24.8 Å². The molecule has 0 saturated heterocycles. The molecule has 0 atom stereocenters. The summed E-state index contributed by atoms with van der Waals surface area (Å²) in [6, 6.07) is 9.28. The molecule has 0 radical (unpaired) electrons. The van der Waals surface area contributed by atoms with Crippen molar-refractivity contribution >= 4 is 11.6 Å². The number of hydrogen-bond donors (Lipinski definition) is 2. The third kappa shape index (κ3) is 2.93. The average Bonchev–Trinajstić information content (AvgIpc) is 2.86. The summed E-state index contributed by atoms with van der Waals surface area (Å²) in [5.74, 6) is 0.618. The van der Waals surface area contributed by atoms with Gasteiger partial charge in [0.1, 0.15) is 11.4 Å². The second-order valence-electron chi connectivity index (χ2n) is 4.44. The Balaban J connectivity index is 2.08. The number of aromatic nitrogens is 1. The van der Waals surface area contributed by atoms with Gasteiger partial charge in [-0.15, -0.1) is 0 Å². The van der Waals surface area contributed by atoms with E-state index >= 15 is 0 Å². The third-order valence-electron chi connectivity index (χ3n) is 3.12. The first-order valence-corrected chi connectivity index (χ1v) is 6.51. The highest BCUT2D eigenvalue weighted by Gasteiger charge is 2.12. The molecule has 2 rings (SSSR count). The molecule has 0 spiro atoms. The molecule has 0 aliphatic rings. The highest BCUT2D eigenvalue weighted by molar-refractivity contribution is 5.93. The number of nitrogen functional groups attached to an aromatic ring is 1. The van der Waals surface area contributed by atoms with Crippen LogP contribution in [0.5, 0.6) is 5.75 Å². The van der Waals surface area contributed by atoms with Crippen LogP contribution in [0.25, 0.3) is 0 Å². The summed E-state index contributed by atoms with van der Waals surface area (Å²) in [7, 11) is 1.61.